The lowest BCUT2D eigenvalue weighted by atomic mass is 10.2. The number of aryl methyl sites for hydroxylation is 2. The van der Waals surface area contributed by atoms with Gasteiger partial charge in [0.15, 0.2) is 0 Å². The van der Waals surface area contributed by atoms with Gasteiger partial charge in [-0.05, 0) is 6.92 Å². The molecule has 0 atom stereocenters. The molecule has 144 valence electrons. The Balaban J connectivity index is 1.68. The van der Waals surface area contributed by atoms with Crippen LogP contribution in [0.3, 0.4) is 0 Å². The average molecular weight is 378 g/mol. The Morgan fingerprint density at radius 1 is 1.11 bits per heavy atom. The van der Waals surface area contributed by atoms with E-state index < -0.39 is 5.91 Å². The number of amides is 2. The van der Waals surface area contributed by atoms with E-state index in [-0.39, 0.29) is 11.6 Å². The van der Waals surface area contributed by atoms with Gasteiger partial charge in [0.25, 0.3) is 11.8 Å². The van der Waals surface area contributed by atoms with E-state index in [1.54, 1.807) is 22.8 Å². The number of hydrogen-bond acceptors (Lipinski definition) is 4. The Morgan fingerprint density at radius 2 is 1.86 bits per heavy atom. The predicted molar refractivity (Wildman–Crippen MR) is 104 cm³/mol. The standard InChI is InChI=1S/C20H22N6O2/c1-13-15(12-24(2)23-13)20(28)25-9-8-16-17(18(21)27)22-19(26(16)11-10-25)14-6-4-3-5-7-14/h3-7,12H,8-11H2,1-2H3,(H2,21,27). The summed E-state index contributed by atoms with van der Waals surface area (Å²) >= 11 is 0. The quantitative estimate of drug-likeness (QED) is 0.744. The Labute approximate surface area is 162 Å². The Morgan fingerprint density at radius 3 is 2.50 bits per heavy atom. The molecular formula is C20H22N6O2. The zero-order valence-corrected chi connectivity index (χ0v) is 15.9. The van der Waals surface area contributed by atoms with Crippen LogP contribution in [0.1, 0.15) is 32.2 Å². The van der Waals surface area contributed by atoms with Crippen LogP contribution in [0, 0.1) is 6.92 Å². The van der Waals surface area contributed by atoms with Crippen molar-refractivity contribution in [2.75, 3.05) is 13.1 Å². The first kappa shape index (κ1) is 18.0. The number of imidazole rings is 1. The lowest BCUT2D eigenvalue weighted by Crippen LogP contribution is -2.34. The first-order valence-electron chi connectivity index (χ1n) is 9.20. The molecular weight excluding hydrogens is 356 g/mol. The smallest absolute Gasteiger partial charge is 0.269 e. The summed E-state index contributed by atoms with van der Waals surface area (Å²) in [4.78, 5) is 31.3. The van der Waals surface area contributed by atoms with Crippen LogP contribution >= 0.6 is 0 Å². The normalized spacial score (nSPS) is 13.9. The topological polar surface area (TPSA) is 99.0 Å². The predicted octanol–water partition coefficient (Wildman–Crippen LogP) is 1.39. The molecule has 4 rings (SSSR count). The fraction of sp³-hybridized carbons (Fsp3) is 0.300. The Hall–Kier alpha value is -3.42. The molecule has 3 aromatic rings. The van der Waals surface area contributed by atoms with Gasteiger partial charge in [0, 0.05) is 44.9 Å². The molecule has 2 aromatic heterocycles. The van der Waals surface area contributed by atoms with Crippen LogP contribution in [0.2, 0.25) is 0 Å². The number of nitrogens with two attached hydrogens (primary N) is 1. The molecule has 0 radical (unpaired) electrons. The van der Waals surface area contributed by atoms with Crippen LogP contribution in [-0.4, -0.2) is 49.1 Å². The zero-order chi connectivity index (χ0) is 19.8. The van der Waals surface area contributed by atoms with E-state index in [9.17, 15) is 9.59 Å². The summed E-state index contributed by atoms with van der Waals surface area (Å²) in [5.74, 6) is 0.108. The lowest BCUT2D eigenvalue weighted by Gasteiger charge is -2.20. The second kappa shape index (κ2) is 6.95. The summed E-state index contributed by atoms with van der Waals surface area (Å²) < 4.78 is 3.66. The van der Waals surface area contributed by atoms with Crippen LogP contribution in [0.4, 0.5) is 0 Å². The minimum atomic E-state index is -0.547. The molecule has 3 heterocycles. The van der Waals surface area contributed by atoms with Crippen molar-refractivity contribution in [1.29, 1.82) is 0 Å². The molecule has 2 amide bonds. The average Bonchev–Trinajstić information content (AvgIpc) is 3.13. The highest BCUT2D eigenvalue weighted by molar-refractivity contribution is 5.95. The molecule has 0 fully saturated rings. The number of carbonyl (C=O) groups excluding carboxylic acids is 2. The van der Waals surface area contributed by atoms with Gasteiger partial charge < -0.3 is 15.2 Å². The van der Waals surface area contributed by atoms with Gasteiger partial charge in [-0.15, -0.1) is 0 Å². The highest BCUT2D eigenvalue weighted by Gasteiger charge is 2.28. The molecule has 0 spiro atoms. The lowest BCUT2D eigenvalue weighted by molar-refractivity contribution is 0.0758. The van der Waals surface area contributed by atoms with Crippen molar-refractivity contribution in [3.05, 3.63) is 59.2 Å². The molecule has 28 heavy (non-hydrogen) atoms. The van der Waals surface area contributed by atoms with E-state index in [4.69, 9.17) is 5.73 Å². The number of fused-ring (bicyclic) bond motifs is 1. The van der Waals surface area contributed by atoms with Gasteiger partial charge in [-0.2, -0.15) is 5.10 Å². The molecule has 1 aliphatic heterocycles. The van der Waals surface area contributed by atoms with Gasteiger partial charge in [0.05, 0.1) is 17.0 Å². The maximum Gasteiger partial charge on any atom is 0.269 e. The molecule has 0 aliphatic carbocycles. The van der Waals surface area contributed by atoms with Crippen LogP contribution in [-0.2, 0) is 20.0 Å². The number of rotatable bonds is 3. The van der Waals surface area contributed by atoms with Crippen molar-refractivity contribution in [3.63, 3.8) is 0 Å². The summed E-state index contributed by atoms with van der Waals surface area (Å²) in [6.07, 6.45) is 2.26. The van der Waals surface area contributed by atoms with Gasteiger partial charge in [0.1, 0.15) is 11.5 Å². The minimum Gasteiger partial charge on any atom is -0.364 e. The number of benzene rings is 1. The van der Waals surface area contributed by atoms with Gasteiger partial charge in [-0.3, -0.25) is 14.3 Å². The first-order chi connectivity index (χ1) is 13.5. The number of nitrogens with zero attached hydrogens (tertiary/aromatic N) is 5. The third-order valence-corrected chi connectivity index (χ3v) is 5.08. The summed E-state index contributed by atoms with van der Waals surface area (Å²) in [7, 11) is 1.80. The Kier molecular flexibility index (Phi) is 4.46. The molecule has 0 unspecified atom stereocenters. The molecule has 1 aliphatic rings. The highest BCUT2D eigenvalue weighted by Crippen LogP contribution is 2.25. The van der Waals surface area contributed by atoms with Crippen molar-refractivity contribution in [3.8, 4) is 11.4 Å². The summed E-state index contributed by atoms with van der Waals surface area (Å²) in [5, 5.41) is 4.26. The Bertz CT molecular complexity index is 1050. The van der Waals surface area contributed by atoms with Crippen LogP contribution < -0.4 is 5.73 Å². The van der Waals surface area contributed by atoms with Crippen molar-refractivity contribution < 1.29 is 9.59 Å². The van der Waals surface area contributed by atoms with E-state index in [1.807, 2.05) is 41.8 Å². The summed E-state index contributed by atoms with van der Waals surface area (Å²) in [6, 6.07) is 9.69. The highest BCUT2D eigenvalue weighted by atomic mass is 16.2. The molecule has 8 nitrogen and oxygen atoms in total. The third-order valence-electron chi connectivity index (χ3n) is 5.08. The van der Waals surface area contributed by atoms with Crippen molar-refractivity contribution in [1.82, 2.24) is 24.2 Å². The summed E-state index contributed by atoms with van der Waals surface area (Å²) in [6.45, 7) is 3.39. The second-order valence-corrected chi connectivity index (χ2v) is 6.96. The zero-order valence-electron chi connectivity index (χ0n) is 15.9. The van der Waals surface area contributed by atoms with E-state index in [2.05, 4.69) is 10.1 Å². The van der Waals surface area contributed by atoms with E-state index in [1.165, 1.54) is 0 Å². The third kappa shape index (κ3) is 3.06. The molecule has 2 N–H and O–H groups in total. The van der Waals surface area contributed by atoms with E-state index >= 15 is 0 Å². The van der Waals surface area contributed by atoms with Crippen LogP contribution in [0.25, 0.3) is 11.4 Å². The maximum atomic E-state index is 13.0. The number of hydrogen-bond donors (Lipinski definition) is 1. The SMILES string of the molecule is Cc1nn(C)cc1C(=O)N1CCc2c(C(N)=O)nc(-c3ccccc3)n2CC1. The van der Waals surface area contributed by atoms with Crippen molar-refractivity contribution >= 4 is 11.8 Å². The van der Waals surface area contributed by atoms with E-state index in [0.717, 1.165) is 11.3 Å². The fourth-order valence-corrected chi connectivity index (χ4v) is 3.74. The van der Waals surface area contributed by atoms with Crippen LogP contribution in [0.5, 0.6) is 0 Å². The van der Waals surface area contributed by atoms with Crippen molar-refractivity contribution in [2.45, 2.75) is 19.9 Å². The number of carbonyl (C=O) groups is 2. The molecule has 8 heteroatoms. The second-order valence-electron chi connectivity index (χ2n) is 6.96. The fourth-order valence-electron chi connectivity index (χ4n) is 3.74. The molecule has 0 bridgehead atoms. The van der Waals surface area contributed by atoms with Gasteiger partial charge in [-0.25, -0.2) is 4.98 Å². The molecule has 0 saturated heterocycles. The van der Waals surface area contributed by atoms with Gasteiger partial charge in [0.2, 0.25) is 0 Å². The minimum absolute atomic E-state index is 0.0498. The number of primary amides is 1. The first-order valence-corrected chi connectivity index (χ1v) is 9.20. The largest absolute Gasteiger partial charge is 0.364 e. The van der Waals surface area contributed by atoms with E-state index in [0.29, 0.717) is 43.1 Å². The monoisotopic (exact) mass is 378 g/mol. The molecule has 1 aromatic carbocycles. The van der Waals surface area contributed by atoms with Crippen LogP contribution in [0.15, 0.2) is 36.5 Å². The maximum absolute atomic E-state index is 13.0. The molecule has 0 saturated carbocycles. The number of aromatic nitrogens is 4. The van der Waals surface area contributed by atoms with Gasteiger partial charge >= 0.3 is 0 Å². The van der Waals surface area contributed by atoms with Crippen molar-refractivity contribution in [2.24, 2.45) is 12.8 Å². The summed E-state index contributed by atoms with van der Waals surface area (Å²) in [5.41, 5.74) is 8.87. The van der Waals surface area contributed by atoms with Gasteiger partial charge in [-0.1, -0.05) is 30.3 Å².